The number of hydrogen-bond donors (Lipinski definition) is 2. The largest absolute Gasteiger partial charge is 0.378 e. The number of aromatic nitrogens is 1. The molecule has 0 saturated carbocycles. The van der Waals surface area contributed by atoms with Gasteiger partial charge in [-0.05, 0) is 35.9 Å². The van der Waals surface area contributed by atoms with E-state index in [0.717, 1.165) is 16.8 Å². The first-order valence-corrected chi connectivity index (χ1v) is 9.33. The standard InChI is InChI=1S/C24H21N3O2/c1-27(2)17-13-11-16(12-14-17)18-7-3-6-10-22(18)26-24(29)20-15-25-21-9-5-4-8-19(21)23(20)28/h3-15H,1-2H3,(H,25,28)(H,26,29). The average molecular weight is 383 g/mol. The molecule has 0 spiro atoms. The van der Waals surface area contributed by atoms with Gasteiger partial charge in [-0.3, -0.25) is 9.59 Å². The van der Waals surface area contributed by atoms with E-state index in [0.29, 0.717) is 16.6 Å². The van der Waals surface area contributed by atoms with Crippen molar-refractivity contribution in [3.8, 4) is 11.1 Å². The number of rotatable bonds is 4. The van der Waals surface area contributed by atoms with Gasteiger partial charge < -0.3 is 15.2 Å². The van der Waals surface area contributed by atoms with Gasteiger partial charge in [0.2, 0.25) is 5.43 Å². The minimum Gasteiger partial charge on any atom is -0.378 e. The van der Waals surface area contributed by atoms with Gasteiger partial charge in [-0.15, -0.1) is 0 Å². The van der Waals surface area contributed by atoms with Crippen molar-refractivity contribution in [3.63, 3.8) is 0 Å². The van der Waals surface area contributed by atoms with Crippen molar-refractivity contribution in [2.75, 3.05) is 24.3 Å². The van der Waals surface area contributed by atoms with Gasteiger partial charge in [0.1, 0.15) is 5.56 Å². The third-order valence-electron chi connectivity index (χ3n) is 4.90. The van der Waals surface area contributed by atoms with Crippen molar-refractivity contribution in [3.05, 3.63) is 94.8 Å². The van der Waals surface area contributed by atoms with Crippen molar-refractivity contribution in [2.45, 2.75) is 0 Å². The van der Waals surface area contributed by atoms with Crippen LogP contribution in [0.3, 0.4) is 0 Å². The molecule has 0 unspecified atom stereocenters. The zero-order valence-electron chi connectivity index (χ0n) is 16.3. The number of anilines is 2. The Hall–Kier alpha value is -3.86. The zero-order chi connectivity index (χ0) is 20.4. The van der Waals surface area contributed by atoms with Crippen LogP contribution < -0.4 is 15.6 Å². The highest BCUT2D eigenvalue weighted by Crippen LogP contribution is 2.29. The molecule has 0 aliphatic rings. The maximum Gasteiger partial charge on any atom is 0.261 e. The molecule has 3 aromatic carbocycles. The van der Waals surface area contributed by atoms with Gasteiger partial charge in [-0.2, -0.15) is 0 Å². The number of pyridine rings is 1. The van der Waals surface area contributed by atoms with Crippen molar-refractivity contribution in [2.24, 2.45) is 0 Å². The van der Waals surface area contributed by atoms with Gasteiger partial charge in [0.25, 0.3) is 5.91 Å². The molecule has 0 aliphatic heterocycles. The second kappa shape index (κ2) is 7.64. The highest BCUT2D eigenvalue weighted by molar-refractivity contribution is 6.07. The Labute approximate surface area is 168 Å². The van der Waals surface area contributed by atoms with Crippen LogP contribution in [0, 0.1) is 0 Å². The lowest BCUT2D eigenvalue weighted by molar-refractivity contribution is 0.102. The smallest absolute Gasteiger partial charge is 0.261 e. The molecular formula is C24H21N3O2. The molecule has 5 nitrogen and oxygen atoms in total. The summed E-state index contributed by atoms with van der Waals surface area (Å²) in [6.07, 6.45) is 1.47. The first-order valence-electron chi connectivity index (χ1n) is 9.33. The number of carbonyl (C=O) groups excluding carboxylic acids is 1. The molecule has 144 valence electrons. The quantitative estimate of drug-likeness (QED) is 0.545. The average Bonchev–Trinajstić information content (AvgIpc) is 2.74. The Morgan fingerprint density at radius 3 is 2.34 bits per heavy atom. The van der Waals surface area contributed by atoms with Crippen LogP contribution in [0.4, 0.5) is 11.4 Å². The molecule has 0 saturated heterocycles. The number of para-hydroxylation sites is 2. The van der Waals surface area contributed by atoms with Crippen molar-refractivity contribution in [1.82, 2.24) is 4.98 Å². The maximum atomic E-state index is 12.9. The molecule has 4 aromatic rings. The summed E-state index contributed by atoms with van der Waals surface area (Å²) >= 11 is 0. The van der Waals surface area contributed by atoms with Crippen molar-refractivity contribution < 1.29 is 4.79 Å². The van der Waals surface area contributed by atoms with E-state index in [9.17, 15) is 9.59 Å². The molecule has 1 aromatic heterocycles. The van der Waals surface area contributed by atoms with E-state index in [1.54, 1.807) is 12.1 Å². The molecule has 0 bridgehead atoms. The summed E-state index contributed by atoms with van der Waals surface area (Å²) in [6, 6.07) is 22.8. The normalized spacial score (nSPS) is 10.7. The molecule has 0 aliphatic carbocycles. The Morgan fingerprint density at radius 1 is 0.897 bits per heavy atom. The molecule has 1 heterocycles. The molecule has 2 N–H and O–H groups in total. The molecule has 4 rings (SSSR count). The van der Waals surface area contributed by atoms with E-state index < -0.39 is 5.91 Å². The summed E-state index contributed by atoms with van der Waals surface area (Å²) in [4.78, 5) is 30.7. The summed E-state index contributed by atoms with van der Waals surface area (Å²) in [7, 11) is 3.98. The fraction of sp³-hybridized carbons (Fsp3) is 0.0833. The summed E-state index contributed by atoms with van der Waals surface area (Å²) in [6.45, 7) is 0. The minimum atomic E-state index is -0.436. The number of amides is 1. The topological polar surface area (TPSA) is 65.2 Å². The van der Waals surface area contributed by atoms with Crippen LogP contribution in [0.2, 0.25) is 0 Å². The highest BCUT2D eigenvalue weighted by Gasteiger charge is 2.15. The van der Waals surface area contributed by atoms with E-state index in [2.05, 4.69) is 10.3 Å². The monoisotopic (exact) mass is 383 g/mol. The third kappa shape index (κ3) is 3.62. The highest BCUT2D eigenvalue weighted by atomic mass is 16.2. The number of fused-ring (bicyclic) bond motifs is 1. The van der Waals surface area contributed by atoms with E-state index in [-0.39, 0.29) is 11.0 Å². The SMILES string of the molecule is CN(C)c1ccc(-c2ccccc2NC(=O)c2c[nH]c3ccccc3c2=O)cc1. The molecule has 0 atom stereocenters. The van der Waals surface area contributed by atoms with E-state index in [1.807, 2.05) is 79.7 Å². The third-order valence-corrected chi connectivity index (χ3v) is 4.90. The number of nitrogens with one attached hydrogen (secondary N) is 2. The Morgan fingerprint density at radius 2 is 1.59 bits per heavy atom. The summed E-state index contributed by atoms with van der Waals surface area (Å²) in [5, 5.41) is 3.39. The summed E-state index contributed by atoms with van der Waals surface area (Å²) in [5.41, 5.74) is 4.13. The van der Waals surface area contributed by atoms with Crippen LogP contribution >= 0.6 is 0 Å². The van der Waals surface area contributed by atoms with Gasteiger partial charge in [0.05, 0.1) is 0 Å². The molecule has 1 amide bonds. The fourth-order valence-corrected chi connectivity index (χ4v) is 3.31. The Balaban J connectivity index is 1.68. The lowest BCUT2D eigenvalue weighted by atomic mass is 10.0. The van der Waals surface area contributed by atoms with E-state index in [4.69, 9.17) is 0 Å². The lowest BCUT2D eigenvalue weighted by Crippen LogP contribution is -2.22. The van der Waals surface area contributed by atoms with Gasteiger partial charge in [0, 0.05) is 48.1 Å². The molecule has 29 heavy (non-hydrogen) atoms. The van der Waals surface area contributed by atoms with Gasteiger partial charge in [0.15, 0.2) is 0 Å². The predicted octanol–water partition coefficient (Wildman–Crippen LogP) is 4.51. The van der Waals surface area contributed by atoms with Crippen LogP contribution in [0.25, 0.3) is 22.0 Å². The van der Waals surface area contributed by atoms with Gasteiger partial charge in [-0.1, -0.05) is 42.5 Å². The van der Waals surface area contributed by atoms with Crippen LogP contribution in [0.1, 0.15) is 10.4 Å². The number of benzene rings is 3. The van der Waals surface area contributed by atoms with Crippen LogP contribution in [-0.2, 0) is 0 Å². The Bertz CT molecular complexity index is 1240. The molecule has 5 heteroatoms. The molecule has 0 radical (unpaired) electrons. The van der Waals surface area contributed by atoms with Crippen molar-refractivity contribution in [1.29, 1.82) is 0 Å². The summed E-state index contributed by atoms with van der Waals surface area (Å²) < 4.78 is 0. The zero-order valence-corrected chi connectivity index (χ0v) is 16.3. The second-order valence-corrected chi connectivity index (χ2v) is 7.02. The number of hydrogen-bond acceptors (Lipinski definition) is 3. The van der Waals surface area contributed by atoms with E-state index >= 15 is 0 Å². The Kier molecular flexibility index (Phi) is 4.87. The maximum absolute atomic E-state index is 12.9. The molecular weight excluding hydrogens is 362 g/mol. The lowest BCUT2D eigenvalue weighted by Gasteiger charge is -2.15. The predicted molar refractivity (Wildman–Crippen MR) is 119 cm³/mol. The van der Waals surface area contributed by atoms with Crippen LogP contribution in [0.15, 0.2) is 83.8 Å². The first kappa shape index (κ1) is 18.5. The minimum absolute atomic E-state index is 0.0847. The second-order valence-electron chi connectivity index (χ2n) is 7.02. The van der Waals surface area contributed by atoms with Crippen LogP contribution in [-0.4, -0.2) is 25.0 Å². The van der Waals surface area contributed by atoms with Crippen molar-refractivity contribution >= 4 is 28.2 Å². The number of aromatic amines is 1. The van der Waals surface area contributed by atoms with Crippen LogP contribution in [0.5, 0.6) is 0 Å². The first-order chi connectivity index (χ1) is 14.0. The number of nitrogens with zero attached hydrogens (tertiary/aromatic N) is 1. The van der Waals surface area contributed by atoms with Gasteiger partial charge in [-0.25, -0.2) is 0 Å². The van der Waals surface area contributed by atoms with E-state index in [1.165, 1.54) is 6.20 Å². The summed E-state index contributed by atoms with van der Waals surface area (Å²) in [5.74, 6) is -0.436. The number of H-pyrrole nitrogens is 1. The molecule has 0 fully saturated rings. The van der Waals surface area contributed by atoms with Gasteiger partial charge >= 0.3 is 0 Å². The number of carbonyl (C=O) groups is 1. The fourth-order valence-electron chi connectivity index (χ4n) is 3.31.